The van der Waals surface area contributed by atoms with E-state index in [0.717, 1.165) is 0 Å². The minimum Gasteiger partial charge on any atom is -0.480 e. The van der Waals surface area contributed by atoms with Gasteiger partial charge in [-0.1, -0.05) is 13.0 Å². The number of aliphatic carboxylic acids is 1. The summed E-state index contributed by atoms with van der Waals surface area (Å²) >= 11 is 3.07. The number of benzene rings is 1. The number of nitrogens with zero attached hydrogens (tertiary/aromatic N) is 2. The summed E-state index contributed by atoms with van der Waals surface area (Å²) in [5.74, 6) is -1.72. The smallest absolute Gasteiger partial charge is 0.326 e. The van der Waals surface area contributed by atoms with Crippen LogP contribution in [0, 0.1) is 16.0 Å². The zero-order valence-electron chi connectivity index (χ0n) is 11.2. The minimum absolute atomic E-state index is 0.0729. The fourth-order valence-electron chi connectivity index (χ4n) is 2.53. The van der Waals surface area contributed by atoms with Gasteiger partial charge in [0, 0.05) is 12.6 Å². The van der Waals surface area contributed by atoms with Gasteiger partial charge >= 0.3 is 5.97 Å². The number of carbonyl (C=O) groups is 2. The molecule has 112 valence electrons. The number of halogens is 1. The van der Waals surface area contributed by atoms with Crippen LogP contribution in [0.25, 0.3) is 0 Å². The van der Waals surface area contributed by atoms with Gasteiger partial charge in [-0.2, -0.15) is 0 Å². The van der Waals surface area contributed by atoms with E-state index in [1.165, 1.54) is 23.1 Å². The molecule has 1 aromatic carbocycles. The summed E-state index contributed by atoms with van der Waals surface area (Å²) in [5.41, 5.74) is -0.121. The van der Waals surface area contributed by atoms with Crippen LogP contribution in [0.2, 0.25) is 0 Å². The van der Waals surface area contributed by atoms with Gasteiger partial charge in [-0.05, 0) is 34.3 Å². The van der Waals surface area contributed by atoms with E-state index in [1.54, 1.807) is 6.92 Å². The van der Waals surface area contributed by atoms with Crippen LogP contribution in [0.5, 0.6) is 0 Å². The summed E-state index contributed by atoms with van der Waals surface area (Å²) in [6.45, 7) is 2.10. The van der Waals surface area contributed by atoms with Crippen LogP contribution < -0.4 is 0 Å². The first-order valence-electron chi connectivity index (χ1n) is 6.31. The maximum Gasteiger partial charge on any atom is 0.326 e. The number of likely N-dealkylation sites (tertiary alicyclic amines) is 1. The first-order valence-corrected chi connectivity index (χ1v) is 7.10. The van der Waals surface area contributed by atoms with Crippen LogP contribution in [-0.4, -0.2) is 39.4 Å². The standard InChI is InChI=1S/C13H13BrN2O5/c1-7-5-6-15(11(7)13(18)19)12(17)8-3-2-4-9(10(8)14)16(20)21/h2-4,7,11H,5-6H2,1H3,(H,18,19). The Bertz CT molecular complexity index is 619. The molecule has 1 N–H and O–H groups in total. The maximum absolute atomic E-state index is 12.5. The molecule has 1 aliphatic rings. The third kappa shape index (κ3) is 2.76. The Morgan fingerprint density at radius 2 is 2.14 bits per heavy atom. The van der Waals surface area contributed by atoms with Crippen molar-refractivity contribution < 1.29 is 19.6 Å². The van der Waals surface area contributed by atoms with Gasteiger partial charge in [0.1, 0.15) is 10.5 Å². The van der Waals surface area contributed by atoms with Crippen molar-refractivity contribution in [3.63, 3.8) is 0 Å². The SMILES string of the molecule is CC1CCN(C(=O)c2cccc([N+](=O)[O-])c2Br)C1C(=O)O. The molecule has 1 aromatic rings. The normalized spacial score (nSPS) is 21.3. The molecule has 1 heterocycles. The molecule has 1 amide bonds. The Morgan fingerprint density at radius 1 is 1.48 bits per heavy atom. The van der Waals surface area contributed by atoms with E-state index in [-0.39, 0.29) is 21.6 Å². The van der Waals surface area contributed by atoms with E-state index in [2.05, 4.69) is 15.9 Å². The lowest BCUT2D eigenvalue weighted by molar-refractivity contribution is -0.385. The number of carboxylic acid groups (broad SMARTS) is 1. The molecule has 0 saturated carbocycles. The quantitative estimate of drug-likeness (QED) is 0.661. The average Bonchev–Trinajstić information content (AvgIpc) is 2.80. The number of hydrogen-bond acceptors (Lipinski definition) is 4. The zero-order chi connectivity index (χ0) is 15.7. The summed E-state index contributed by atoms with van der Waals surface area (Å²) in [6, 6.07) is 3.23. The summed E-state index contributed by atoms with van der Waals surface area (Å²) < 4.78 is 0.0729. The summed E-state index contributed by atoms with van der Waals surface area (Å²) in [7, 11) is 0. The predicted octanol–water partition coefficient (Wildman–Crippen LogP) is 2.29. The maximum atomic E-state index is 12.5. The van der Waals surface area contributed by atoms with Crippen molar-refractivity contribution in [2.45, 2.75) is 19.4 Å². The van der Waals surface area contributed by atoms with Gasteiger partial charge in [0.15, 0.2) is 0 Å². The largest absolute Gasteiger partial charge is 0.480 e. The van der Waals surface area contributed by atoms with Gasteiger partial charge in [-0.3, -0.25) is 14.9 Å². The Hall–Kier alpha value is -1.96. The van der Waals surface area contributed by atoms with E-state index < -0.39 is 22.8 Å². The van der Waals surface area contributed by atoms with Crippen molar-refractivity contribution in [1.29, 1.82) is 0 Å². The van der Waals surface area contributed by atoms with E-state index in [9.17, 15) is 24.8 Å². The molecule has 1 fully saturated rings. The van der Waals surface area contributed by atoms with Crippen molar-refractivity contribution in [2.24, 2.45) is 5.92 Å². The first kappa shape index (κ1) is 15.4. The van der Waals surface area contributed by atoms with Gasteiger partial charge in [-0.15, -0.1) is 0 Å². The molecule has 0 radical (unpaired) electrons. The number of hydrogen-bond donors (Lipinski definition) is 1. The monoisotopic (exact) mass is 356 g/mol. The zero-order valence-corrected chi connectivity index (χ0v) is 12.7. The lowest BCUT2D eigenvalue weighted by Gasteiger charge is -2.23. The highest BCUT2D eigenvalue weighted by atomic mass is 79.9. The Labute approximate surface area is 128 Å². The predicted molar refractivity (Wildman–Crippen MR) is 77.0 cm³/mol. The molecule has 1 aliphatic heterocycles. The fourth-order valence-corrected chi connectivity index (χ4v) is 3.11. The van der Waals surface area contributed by atoms with Crippen LogP contribution in [0.15, 0.2) is 22.7 Å². The highest BCUT2D eigenvalue weighted by Gasteiger charge is 2.40. The topological polar surface area (TPSA) is 101 Å². The number of rotatable bonds is 3. The van der Waals surface area contributed by atoms with Crippen molar-refractivity contribution >= 4 is 33.5 Å². The molecule has 2 atom stereocenters. The van der Waals surface area contributed by atoms with E-state index in [4.69, 9.17) is 0 Å². The molecule has 2 unspecified atom stereocenters. The molecule has 8 heteroatoms. The Morgan fingerprint density at radius 3 is 2.71 bits per heavy atom. The molecule has 1 saturated heterocycles. The van der Waals surface area contributed by atoms with Crippen molar-refractivity contribution in [3.05, 3.63) is 38.3 Å². The minimum atomic E-state index is -1.06. The Balaban J connectivity index is 2.39. The number of carboxylic acids is 1. The molecular weight excluding hydrogens is 344 g/mol. The van der Waals surface area contributed by atoms with E-state index in [0.29, 0.717) is 13.0 Å². The third-order valence-electron chi connectivity index (χ3n) is 3.62. The number of nitro groups is 1. The van der Waals surface area contributed by atoms with Gasteiger partial charge < -0.3 is 10.0 Å². The van der Waals surface area contributed by atoms with Crippen LogP contribution in [0.3, 0.4) is 0 Å². The average molecular weight is 357 g/mol. The van der Waals surface area contributed by atoms with Crippen LogP contribution in [-0.2, 0) is 4.79 Å². The highest BCUT2D eigenvalue weighted by molar-refractivity contribution is 9.10. The fraction of sp³-hybridized carbons (Fsp3) is 0.385. The lowest BCUT2D eigenvalue weighted by Crippen LogP contribution is -2.42. The second-order valence-electron chi connectivity index (χ2n) is 4.94. The molecule has 7 nitrogen and oxygen atoms in total. The molecule has 0 aromatic heterocycles. The second-order valence-corrected chi connectivity index (χ2v) is 5.74. The van der Waals surface area contributed by atoms with Crippen molar-refractivity contribution in [2.75, 3.05) is 6.54 Å². The van der Waals surface area contributed by atoms with Crippen molar-refractivity contribution in [1.82, 2.24) is 4.90 Å². The second kappa shape index (κ2) is 5.80. The van der Waals surface area contributed by atoms with Gasteiger partial charge in [0.05, 0.1) is 10.5 Å². The van der Waals surface area contributed by atoms with Crippen LogP contribution in [0.4, 0.5) is 5.69 Å². The van der Waals surface area contributed by atoms with Gasteiger partial charge in [0.2, 0.25) is 0 Å². The van der Waals surface area contributed by atoms with E-state index in [1.807, 2.05) is 0 Å². The number of nitro benzene ring substituents is 1. The molecule has 21 heavy (non-hydrogen) atoms. The molecule has 0 spiro atoms. The number of carbonyl (C=O) groups excluding carboxylic acids is 1. The highest BCUT2D eigenvalue weighted by Crippen LogP contribution is 2.32. The first-order chi connectivity index (χ1) is 9.84. The van der Waals surface area contributed by atoms with Crippen LogP contribution in [0.1, 0.15) is 23.7 Å². The Kier molecular flexibility index (Phi) is 4.26. The summed E-state index contributed by atoms with van der Waals surface area (Å²) in [4.78, 5) is 35.4. The molecule has 2 rings (SSSR count). The van der Waals surface area contributed by atoms with Crippen LogP contribution >= 0.6 is 15.9 Å². The molecule has 0 aliphatic carbocycles. The van der Waals surface area contributed by atoms with E-state index >= 15 is 0 Å². The molecule has 0 bridgehead atoms. The number of amides is 1. The van der Waals surface area contributed by atoms with Gasteiger partial charge in [0.25, 0.3) is 11.6 Å². The third-order valence-corrected chi connectivity index (χ3v) is 4.45. The summed E-state index contributed by atoms with van der Waals surface area (Å²) in [5, 5.41) is 20.1. The van der Waals surface area contributed by atoms with Crippen molar-refractivity contribution in [3.8, 4) is 0 Å². The van der Waals surface area contributed by atoms with Gasteiger partial charge in [-0.25, -0.2) is 4.79 Å². The summed E-state index contributed by atoms with van der Waals surface area (Å²) in [6.07, 6.45) is 0.593. The molecular formula is C13H13BrN2O5. The lowest BCUT2D eigenvalue weighted by atomic mass is 10.0.